The number of hydrogen-bond donors (Lipinski definition) is 0. The standard InChI is InChI=1S/C22H25FN2O2/c23-20-9-7-18(8-10-20)22(27)19-11-15-24(16-12-19)13-4-14-25(17-26)21-5-2-1-3-6-21/h1-3,5-10,17,19H,4,11-16H2. The van der Waals surface area contributed by atoms with Crippen molar-refractivity contribution >= 4 is 17.9 Å². The molecule has 0 N–H and O–H groups in total. The fourth-order valence-corrected chi connectivity index (χ4v) is 3.60. The van der Waals surface area contributed by atoms with E-state index in [0.29, 0.717) is 12.1 Å². The van der Waals surface area contributed by atoms with E-state index in [1.54, 1.807) is 17.0 Å². The number of piperidine rings is 1. The van der Waals surface area contributed by atoms with Crippen molar-refractivity contribution in [3.05, 3.63) is 66.0 Å². The fraction of sp³-hybridized carbons (Fsp3) is 0.364. The van der Waals surface area contributed by atoms with Gasteiger partial charge in [0.15, 0.2) is 5.78 Å². The topological polar surface area (TPSA) is 40.6 Å². The molecule has 1 aliphatic rings. The van der Waals surface area contributed by atoms with E-state index in [4.69, 9.17) is 0 Å². The SMILES string of the molecule is O=CN(CCCN1CCC(C(=O)c2ccc(F)cc2)CC1)c1ccccc1. The first kappa shape index (κ1) is 19.2. The Balaban J connectivity index is 1.42. The summed E-state index contributed by atoms with van der Waals surface area (Å²) in [6, 6.07) is 15.5. The van der Waals surface area contributed by atoms with Crippen molar-refractivity contribution in [1.82, 2.24) is 4.90 Å². The average molecular weight is 368 g/mol. The number of halogens is 1. The van der Waals surface area contributed by atoms with Gasteiger partial charge in [-0.3, -0.25) is 9.59 Å². The van der Waals surface area contributed by atoms with Crippen molar-refractivity contribution in [2.24, 2.45) is 5.92 Å². The molecule has 1 aliphatic heterocycles. The van der Waals surface area contributed by atoms with E-state index in [9.17, 15) is 14.0 Å². The molecule has 0 saturated carbocycles. The number of rotatable bonds is 8. The first-order valence-electron chi connectivity index (χ1n) is 9.46. The highest BCUT2D eigenvalue weighted by atomic mass is 19.1. The van der Waals surface area contributed by atoms with E-state index < -0.39 is 0 Å². The van der Waals surface area contributed by atoms with Crippen LogP contribution in [0.15, 0.2) is 54.6 Å². The Morgan fingerprint density at radius 2 is 1.74 bits per heavy atom. The van der Waals surface area contributed by atoms with Crippen LogP contribution >= 0.6 is 0 Å². The number of anilines is 1. The molecular weight excluding hydrogens is 343 g/mol. The quantitative estimate of drug-likeness (QED) is 0.526. The van der Waals surface area contributed by atoms with Gasteiger partial charge in [-0.1, -0.05) is 18.2 Å². The number of benzene rings is 2. The molecule has 1 fully saturated rings. The molecule has 2 aromatic rings. The van der Waals surface area contributed by atoms with E-state index in [0.717, 1.165) is 51.0 Å². The molecule has 4 nitrogen and oxygen atoms in total. The Kier molecular flexibility index (Phi) is 6.71. The van der Waals surface area contributed by atoms with Crippen LogP contribution < -0.4 is 4.90 Å². The highest BCUT2D eigenvalue weighted by Gasteiger charge is 2.25. The van der Waals surface area contributed by atoms with Gasteiger partial charge in [-0.25, -0.2) is 4.39 Å². The summed E-state index contributed by atoms with van der Waals surface area (Å²) in [6.07, 6.45) is 3.42. The molecule has 0 spiro atoms. The molecule has 1 amide bonds. The number of Topliss-reactive ketones (excluding diaryl/α,β-unsaturated/α-hetero) is 1. The predicted octanol–water partition coefficient (Wildman–Crippen LogP) is 3.77. The van der Waals surface area contributed by atoms with Crippen LogP contribution in [-0.4, -0.2) is 43.3 Å². The number of amides is 1. The summed E-state index contributed by atoms with van der Waals surface area (Å²) < 4.78 is 13.0. The van der Waals surface area contributed by atoms with Gasteiger partial charge in [-0.05, 0) is 75.3 Å². The molecule has 142 valence electrons. The summed E-state index contributed by atoms with van der Waals surface area (Å²) in [4.78, 5) is 27.9. The molecule has 0 radical (unpaired) electrons. The molecule has 0 unspecified atom stereocenters. The summed E-state index contributed by atoms with van der Waals surface area (Å²) in [5.41, 5.74) is 1.51. The number of ketones is 1. The van der Waals surface area contributed by atoms with Crippen LogP contribution in [0.2, 0.25) is 0 Å². The van der Waals surface area contributed by atoms with Crippen LogP contribution in [0, 0.1) is 11.7 Å². The zero-order valence-corrected chi connectivity index (χ0v) is 15.4. The van der Waals surface area contributed by atoms with Crippen molar-refractivity contribution in [3.8, 4) is 0 Å². The Morgan fingerprint density at radius 3 is 2.37 bits per heavy atom. The van der Waals surface area contributed by atoms with Crippen LogP contribution in [0.5, 0.6) is 0 Å². The average Bonchev–Trinajstić information content (AvgIpc) is 2.72. The normalized spacial score (nSPS) is 15.4. The lowest BCUT2D eigenvalue weighted by atomic mass is 9.89. The van der Waals surface area contributed by atoms with Gasteiger partial charge < -0.3 is 9.80 Å². The van der Waals surface area contributed by atoms with Crippen molar-refractivity contribution in [3.63, 3.8) is 0 Å². The predicted molar refractivity (Wildman–Crippen MR) is 104 cm³/mol. The summed E-state index contributed by atoms with van der Waals surface area (Å²) in [5.74, 6) is -0.186. The lowest BCUT2D eigenvalue weighted by molar-refractivity contribution is -0.107. The van der Waals surface area contributed by atoms with Crippen LogP contribution in [-0.2, 0) is 4.79 Å². The maximum atomic E-state index is 13.0. The van der Waals surface area contributed by atoms with Gasteiger partial charge in [-0.2, -0.15) is 0 Å². The molecule has 3 rings (SSSR count). The van der Waals surface area contributed by atoms with Gasteiger partial charge in [0.2, 0.25) is 6.41 Å². The largest absolute Gasteiger partial charge is 0.315 e. The first-order chi connectivity index (χ1) is 13.2. The lowest BCUT2D eigenvalue weighted by Gasteiger charge is -2.31. The lowest BCUT2D eigenvalue weighted by Crippen LogP contribution is -2.38. The van der Waals surface area contributed by atoms with Gasteiger partial charge in [0.05, 0.1) is 0 Å². The fourth-order valence-electron chi connectivity index (χ4n) is 3.60. The van der Waals surface area contributed by atoms with Gasteiger partial charge >= 0.3 is 0 Å². The molecule has 0 aliphatic carbocycles. The van der Waals surface area contributed by atoms with E-state index in [2.05, 4.69) is 4.90 Å². The Morgan fingerprint density at radius 1 is 1.07 bits per heavy atom. The van der Waals surface area contributed by atoms with E-state index in [1.807, 2.05) is 30.3 Å². The zero-order valence-electron chi connectivity index (χ0n) is 15.4. The maximum Gasteiger partial charge on any atom is 0.214 e. The molecule has 5 heteroatoms. The minimum atomic E-state index is -0.318. The monoisotopic (exact) mass is 368 g/mol. The number of carbonyl (C=O) groups is 2. The number of carbonyl (C=O) groups excluding carboxylic acids is 2. The molecule has 0 bridgehead atoms. The minimum absolute atomic E-state index is 0.0162. The molecule has 27 heavy (non-hydrogen) atoms. The van der Waals surface area contributed by atoms with Crippen LogP contribution in [0.3, 0.4) is 0 Å². The highest BCUT2D eigenvalue weighted by Crippen LogP contribution is 2.22. The summed E-state index contributed by atoms with van der Waals surface area (Å²) in [5, 5.41) is 0. The Hall–Kier alpha value is -2.53. The molecule has 1 saturated heterocycles. The summed E-state index contributed by atoms with van der Waals surface area (Å²) in [7, 11) is 0. The third-order valence-corrected chi connectivity index (χ3v) is 5.18. The third kappa shape index (κ3) is 5.23. The zero-order chi connectivity index (χ0) is 19.1. The van der Waals surface area contributed by atoms with Gasteiger partial charge in [0.25, 0.3) is 0 Å². The molecule has 0 atom stereocenters. The summed E-state index contributed by atoms with van der Waals surface area (Å²) in [6.45, 7) is 3.35. The Bertz CT molecular complexity index is 741. The molecule has 1 heterocycles. The number of para-hydroxylation sites is 1. The van der Waals surface area contributed by atoms with Crippen LogP contribution in [0.25, 0.3) is 0 Å². The van der Waals surface area contributed by atoms with Crippen molar-refractivity contribution in [2.45, 2.75) is 19.3 Å². The van der Waals surface area contributed by atoms with Gasteiger partial charge in [0, 0.05) is 23.7 Å². The molecule has 0 aromatic heterocycles. The molecular formula is C22H25FN2O2. The van der Waals surface area contributed by atoms with Crippen molar-refractivity contribution < 1.29 is 14.0 Å². The van der Waals surface area contributed by atoms with E-state index in [-0.39, 0.29) is 17.5 Å². The van der Waals surface area contributed by atoms with Crippen molar-refractivity contribution in [1.29, 1.82) is 0 Å². The van der Waals surface area contributed by atoms with Crippen LogP contribution in [0.1, 0.15) is 29.6 Å². The number of hydrogen-bond acceptors (Lipinski definition) is 3. The van der Waals surface area contributed by atoms with Gasteiger partial charge in [-0.15, -0.1) is 0 Å². The summed E-state index contributed by atoms with van der Waals surface area (Å²) >= 11 is 0. The van der Waals surface area contributed by atoms with Crippen molar-refractivity contribution in [2.75, 3.05) is 31.1 Å². The van der Waals surface area contributed by atoms with E-state index in [1.165, 1.54) is 12.1 Å². The first-order valence-corrected chi connectivity index (χ1v) is 9.46. The second-order valence-corrected chi connectivity index (χ2v) is 6.97. The smallest absolute Gasteiger partial charge is 0.214 e. The minimum Gasteiger partial charge on any atom is -0.315 e. The molecule has 2 aromatic carbocycles. The number of likely N-dealkylation sites (tertiary alicyclic amines) is 1. The highest BCUT2D eigenvalue weighted by molar-refractivity contribution is 5.97. The maximum absolute atomic E-state index is 13.0. The third-order valence-electron chi connectivity index (χ3n) is 5.18. The van der Waals surface area contributed by atoms with Gasteiger partial charge in [0.1, 0.15) is 5.82 Å². The van der Waals surface area contributed by atoms with Crippen LogP contribution in [0.4, 0.5) is 10.1 Å². The second-order valence-electron chi connectivity index (χ2n) is 6.97. The number of nitrogens with zero attached hydrogens (tertiary/aromatic N) is 2. The Labute approximate surface area is 159 Å². The second kappa shape index (κ2) is 9.42. The van der Waals surface area contributed by atoms with E-state index >= 15 is 0 Å².